The van der Waals surface area contributed by atoms with Crippen LogP contribution in [0.15, 0.2) is 168 Å². The molecule has 2 aliphatic rings. The molecule has 0 fully saturated rings. The molecule has 0 spiro atoms. The molecule has 8 rings (SSSR count). The molecule has 228 valence electrons. The number of fused-ring (bicyclic) bond motifs is 4. The van der Waals surface area contributed by atoms with E-state index >= 15 is 0 Å². The summed E-state index contributed by atoms with van der Waals surface area (Å²) in [5.74, 6) is 0. The summed E-state index contributed by atoms with van der Waals surface area (Å²) in [5, 5.41) is 0. The van der Waals surface area contributed by atoms with Gasteiger partial charge in [-0.2, -0.15) is 0 Å². The van der Waals surface area contributed by atoms with Crippen molar-refractivity contribution in [2.45, 2.75) is 38.1 Å². The molecule has 47 heavy (non-hydrogen) atoms. The molecular weight excluding hydrogens is 569 g/mol. The lowest BCUT2D eigenvalue weighted by atomic mass is 9.73. The quantitative estimate of drug-likeness (QED) is 0.191. The van der Waals surface area contributed by atoms with E-state index in [-0.39, 0.29) is 5.41 Å². The molecule has 2 nitrogen and oxygen atoms in total. The summed E-state index contributed by atoms with van der Waals surface area (Å²) < 4.78 is 0. The van der Waals surface area contributed by atoms with Crippen LogP contribution in [0.4, 0.5) is 11.4 Å². The lowest BCUT2D eigenvalue weighted by Gasteiger charge is -2.48. The number of hydrogen-bond donors (Lipinski definition) is 0. The highest BCUT2D eigenvalue weighted by molar-refractivity contribution is 6.14. The van der Waals surface area contributed by atoms with Crippen molar-refractivity contribution in [3.8, 4) is 11.1 Å². The van der Waals surface area contributed by atoms with Crippen molar-refractivity contribution in [2.24, 2.45) is 4.99 Å². The van der Waals surface area contributed by atoms with E-state index in [1.165, 1.54) is 22.3 Å². The van der Waals surface area contributed by atoms with Gasteiger partial charge in [-0.1, -0.05) is 160 Å². The number of hydrogen-bond acceptors (Lipinski definition) is 2. The van der Waals surface area contributed by atoms with Crippen LogP contribution in [0.3, 0.4) is 0 Å². The molecule has 0 N–H and O–H groups in total. The van der Waals surface area contributed by atoms with Crippen molar-refractivity contribution in [3.05, 3.63) is 197 Å². The van der Waals surface area contributed by atoms with Gasteiger partial charge in [-0.3, -0.25) is 4.99 Å². The Kier molecular flexibility index (Phi) is 7.03. The summed E-state index contributed by atoms with van der Waals surface area (Å²) in [7, 11) is 0. The predicted molar refractivity (Wildman–Crippen MR) is 197 cm³/mol. The van der Waals surface area contributed by atoms with Crippen LogP contribution in [-0.2, 0) is 11.0 Å². The third kappa shape index (κ3) is 4.51. The van der Waals surface area contributed by atoms with Crippen LogP contribution in [0.25, 0.3) is 17.2 Å². The van der Waals surface area contributed by atoms with Crippen molar-refractivity contribution < 1.29 is 0 Å². The Morgan fingerprint density at radius 2 is 1.15 bits per heavy atom. The van der Waals surface area contributed by atoms with Crippen LogP contribution in [0.2, 0.25) is 0 Å². The van der Waals surface area contributed by atoms with E-state index in [0.717, 1.165) is 51.5 Å². The minimum Gasteiger partial charge on any atom is -0.321 e. The van der Waals surface area contributed by atoms with Gasteiger partial charge < -0.3 is 4.90 Å². The number of anilines is 2. The standard InChI is InChI=1S/C45H38N2/c1-4-36-30-33-20-14-17-27-42(33)47(37-28-29-39-38-25-15-16-26-40(38)44(2,3)41(39)31-37)45(34-21-10-6-11-22-34,35-23-12-7-13-24-35)43(46-36)32-18-8-5-9-19-32/h5-31H,4H2,1-3H3/b36-30-,46-43-. The summed E-state index contributed by atoms with van der Waals surface area (Å²) in [6.07, 6.45) is 3.09. The Morgan fingerprint density at radius 1 is 0.574 bits per heavy atom. The number of rotatable bonds is 5. The maximum Gasteiger partial charge on any atom is 0.138 e. The maximum atomic E-state index is 5.67. The molecule has 0 saturated carbocycles. The molecule has 6 aromatic rings. The summed E-state index contributed by atoms with van der Waals surface area (Å²) in [6, 6.07) is 57.5. The normalized spacial score (nSPS) is 18.0. The first-order valence-corrected chi connectivity index (χ1v) is 16.6. The SMILES string of the molecule is CCC1=C/c2ccccc2N(c2ccc3c(c2)C(C)(C)c2ccccc2-3)C(c2ccccc2)(c2ccccc2)/C(c2ccccc2)=N\1. The van der Waals surface area contributed by atoms with Crippen molar-refractivity contribution in [2.75, 3.05) is 4.90 Å². The Bertz CT molecular complexity index is 2100. The van der Waals surface area contributed by atoms with Gasteiger partial charge in [-0.15, -0.1) is 0 Å². The fraction of sp³-hybridized carbons (Fsp3) is 0.133. The number of allylic oxidation sites excluding steroid dienone is 1. The molecule has 6 aromatic carbocycles. The van der Waals surface area contributed by atoms with Gasteiger partial charge in [-0.25, -0.2) is 0 Å². The van der Waals surface area contributed by atoms with Crippen molar-refractivity contribution in [3.63, 3.8) is 0 Å². The number of aliphatic imine (C=N–C) groups is 1. The Morgan fingerprint density at radius 3 is 1.83 bits per heavy atom. The lowest BCUT2D eigenvalue weighted by molar-refractivity contribution is 0.656. The fourth-order valence-electron chi connectivity index (χ4n) is 7.81. The van der Waals surface area contributed by atoms with Crippen LogP contribution in [0.1, 0.15) is 60.6 Å². The predicted octanol–water partition coefficient (Wildman–Crippen LogP) is 11.3. The molecule has 1 heterocycles. The van der Waals surface area contributed by atoms with Crippen LogP contribution >= 0.6 is 0 Å². The Hall–Kier alpha value is -5.47. The third-order valence-electron chi connectivity index (χ3n) is 10.1. The van der Waals surface area contributed by atoms with Gasteiger partial charge in [0.2, 0.25) is 0 Å². The smallest absolute Gasteiger partial charge is 0.138 e. The summed E-state index contributed by atoms with van der Waals surface area (Å²) >= 11 is 0. The minimum atomic E-state index is -0.821. The molecule has 0 radical (unpaired) electrons. The van der Waals surface area contributed by atoms with Crippen LogP contribution < -0.4 is 4.90 Å². The third-order valence-corrected chi connectivity index (χ3v) is 10.1. The molecule has 0 atom stereocenters. The van der Waals surface area contributed by atoms with Crippen molar-refractivity contribution in [1.29, 1.82) is 0 Å². The van der Waals surface area contributed by atoms with Crippen LogP contribution in [0.5, 0.6) is 0 Å². The second-order valence-corrected chi connectivity index (χ2v) is 13.1. The van der Waals surface area contributed by atoms with E-state index in [2.05, 4.69) is 189 Å². The summed E-state index contributed by atoms with van der Waals surface area (Å²) in [4.78, 5) is 8.25. The highest BCUT2D eigenvalue weighted by Gasteiger charge is 2.48. The second-order valence-electron chi connectivity index (χ2n) is 13.1. The van der Waals surface area contributed by atoms with E-state index in [9.17, 15) is 0 Å². The highest BCUT2D eigenvalue weighted by Crippen LogP contribution is 2.53. The first-order valence-electron chi connectivity index (χ1n) is 16.6. The topological polar surface area (TPSA) is 15.6 Å². The van der Waals surface area contributed by atoms with Gasteiger partial charge >= 0.3 is 0 Å². The summed E-state index contributed by atoms with van der Waals surface area (Å²) in [5.41, 5.74) is 13.3. The first-order chi connectivity index (χ1) is 23.0. The lowest BCUT2D eigenvalue weighted by Crippen LogP contribution is -2.52. The molecule has 0 amide bonds. The molecule has 0 saturated heterocycles. The average molecular weight is 607 g/mol. The van der Waals surface area contributed by atoms with Crippen LogP contribution in [-0.4, -0.2) is 5.71 Å². The summed E-state index contributed by atoms with van der Waals surface area (Å²) in [6.45, 7) is 6.92. The fourth-order valence-corrected chi connectivity index (χ4v) is 7.81. The Balaban J connectivity index is 1.55. The van der Waals surface area contributed by atoms with Gasteiger partial charge in [-0.05, 0) is 75.2 Å². The zero-order valence-corrected chi connectivity index (χ0v) is 27.2. The van der Waals surface area contributed by atoms with E-state index < -0.39 is 5.54 Å². The second kappa shape index (κ2) is 11.4. The first kappa shape index (κ1) is 29.0. The average Bonchev–Trinajstić information content (AvgIpc) is 3.35. The molecule has 0 bridgehead atoms. The van der Waals surface area contributed by atoms with E-state index in [1.54, 1.807) is 0 Å². The van der Waals surface area contributed by atoms with E-state index in [1.807, 2.05) is 0 Å². The van der Waals surface area contributed by atoms with Crippen molar-refractivity contribution in [1.82, 2.24) is 0 Å². The van der Waals surface area contributed by atoms with Crippen LogP contribution in [0, 0.1) is 0 Å². The largest absolute Gasteiger partial charge is 0.321 e. The monoisotopic (exact) mass is 606 g/mol. The zero-order valence-electron chi connectivity index (χ0n) is 27.2. The minimum absolute atomic E-state index is 0.141. The van der Waals surface area contributed by atoms with E-state index in [4.69, 9.17) is 4.99 Å². The van der Waals surface area contributed by atoms with Gasteiger partial charge in [0.15, 0.2) is 0 Å². The number of para-hydroxylation sites is 1. The van der Waals surface area contributed by atoms with Gasteiger partial charge in [0.05, 0.1) is 5.71 Å². The molecule has 1 aliphatic heterocycles. The van der Waals surface area contributed by atoms with Crippen molar-refractivity contribution >= 4 is 23.2 Å². The zero-order chi connectivity index (χ0) is 32.0. The highest BCUT2D eigenvalue weighted by atomic mass is 15.2. The molecular formula is C45H38N2. The number of nitrogens with zero attached hydrogens (tertiary/aromatic N) is 2. The van der Waals surface area contributed by atoms with Gasteiger partial charge in [0.25, 0.3) is 0 Å². The maximum absolute atomic E-state index is 5.67. The molecule has 2 heteroatoms. The Labute approximate surface area is 278 Å². The molecule has 1 aliphatic carbocycles. The molecule has 0 unspecified atom stereocenters. The number of benzene rings is 6. The molecule has 0 aromatic heterocycles. The van der Waals surface area contributed by atoms with E-state index in [0.29, 0.717) is 0 Å². The van der Waals surface area contributed by atoms with Gasteiger partial charge in [0.1, 0.15) is 5.54 Å². The van der Waals surface area contributed by atoms with Gasteiger partial charge in [0, 0.05) is 22.5 Å².